The van der Waals surface area contributed by atoms with E-state index in [0.717, 1.165) is 30.4 Å². The zero-order chi connectivity index (χ0) is 44.0. The smallest absolute Gasteiger partial charge is 0.157 e. The average Bonchev–Trinajstić information content (AvgIpc) is 3.23. The molecule has 1 heterocycles. The fourth-order valence-electron chi connectivity index (χ4n) is 8.21. The molecule has 0 amide bonds. The number of benzene rings is 6. The number of fused-ring (bicyclic) bond motifs is 3. The second-order valence-electron chi connectivity index (χ2n) is 14.9. The third-order valence-electron chi connectivity index (χ3n) is 10.9. The SMILES string of the molecule is Oc1cc(O)c2c(c1)OCC(O)[C@@H]2c1c(O)cc(O)c2c1CCCC2c1c(O)cc(O)c2c1CCCC2.Oc1ccccc1O.Oc1ccccc1O.Oc1ccccc1O. The summed E-state index contributed by atoms with van der Waals surface area (Å²) in [6.45, 7) is -0.106. The number of aliphatic hydroxyl groups is 1. The zero-order valence-electron chi connectivity index (χ0n) is 32.8. The van der Waals surface area contributed by atoms with Crippen LogP contribution in [0.15, 0.2) is 97.1 Å². The normalized spacial score (nSPS) is 17.2. The number of hydrogen-bond acceptors (Lipinski definition) is 14. The fourth-order valence-corrected chi connectivity index (χ4v) is 8.21. The highest BCUT2D eigenvalue weighted by molar-refractivity contribution is 5.66. The average molecular weight is 837 g/mol. The Morgan fingerprint density at radius 3 is 1.30 bits per heavy atom. The van der Waals surface area contributed by atoms with E-state index < -0.39 is 12.0 Å². The number of ether oxygens (including phenoxy) is 1. The first-order valence-electron chi connectivity index (χ1n) is 19.6. The van der Waals surface area contributed by atoms with Gasteiger partial charge in [-0.2, -0.15) is 0 Å². The van der Waals surface area contributed by atoms with Gasteiger partial charge in [-0.05, 0) is 98.0 Å². The highest BCUT2D eigenvalue weighted by atomic mass is 16.5. The number of para-hydroxylation sites is 6. The van der Waals surface area contributed by atoms with Crippen molar-refractivity contribution in [3.8, 4) is 74.7 Å². The van der Waals surface area contributed by atoms with Gasteiger partial charge in [-0.3, -0.25) is 0 Å². The van der Waals surface area contributed by atoms with Crippen molar-refractivity contribution in [2.45, 2.75) is 62.9 Å². The van der Waals surface area contributed by atoms with Crippen LogP contribution in [0.2, 0.25) is 0 Å². The van der Waals surface area contributed by atoms with Gasteiger partial charge in [0.25, 0.3) is 0 Å². The van der Waals surface area contributed by atoms with E-state index in [4.69, 9.17) is 35.4 Å². The molecule has 1 aliphatic heterocycles. The quantitative estimate of drug-likeness (QED) is 0.0756. The number of phenols is 12. The van der Waals surface area contributed by atoms with Gasteiger partial charge in [-0.25, -0.2) is 0 Å². The third kappa shape index (κ3) is 9.45. The number of phenolic OH excluding ortho intramolecular Hbond substituents is 12. The first-order valence-corrected chi connectivity index (χ1v) is 19.6. The maximum Gasteiger partial charge on any atom is 0.157 e. The van der Waals surface area contributed by atoms with Crippen LogP contribution in [0.25, 0.3) is 0 Å². The van der Waals surface area contributed by atoms with Crippen molar-refractivity contribution >= 4 is 0 Å². The van der Waals surface area contributed by atoms with Gasteiger partial charge in [0.2, 0.25) is 0 Å². The summed E-state index contributed by atoms with van der Waals surface area (Å²) in [5.41, 5.74) is 4.33. The van der Waals surface area contributed by atoms with E-state index >= 15 is 0 Å². The zero-order valence-corrected chi connectivity index (χ0v) is 32.8. The van der Waals surface area contributed by atoms with Gasteiger partial charge in [0.1, 0.15) is 46.9 Å². The molecule has 3 aliphatic rings. The van der Waals surface area contributed by atoms with Gasteiger partial charge in [-0.15, -0.1) is 0 Å². The highest BCUT2D eigenvalue weighted by Crippen LogP contribution is 2.55. The van der Waals surface area contributed by atoms with Crippen LogP contribution in [-0.4, -0.2) is 79.1 Å². The molecule has 14 heteroatoms. The van der Waals surface area contributed by atoms with Crippen LogP contribution in [0, 0.1) is 0 Å². The minimum Gasteiger partial charge on any atom is -0.508 e. The topological polar surface area (TPSA) is 272 Å². The van der Waals surface area contributed by atoms with E-state index in [1.807, 2.05) is 0 Å². The summed E-state index contributed by atoms with van der Waals surface area (Å²) in [6, 6.07) is 23.6. The Balaban J connectivity index is 0.000000208. The maximum atomic E-state index is 11.1. The summed E-state index contributed by atoms with van der Waals surface area (Å²) in [5, 5.41) is 127. The summed E-state index contributed by atoms with van der Waals surface area (Å²) in [5.74, 6) is -2.17. The summed E-state index contributed by atoms with van der Waals surface area (Å²) >= 11 is 0. The molecule has 2 aliphatic carbocycles. The summed E-state index contributed by atoms with van der Waals surface area (Å²) in [7, 11) is 0. The second-order valence-corrected chi connectivity index (χ2v) is 14.9. The molecule has 9 rings (SSSR count). The first kappa shape index (κ1) is 43.3. The van der Waals surface area contributed by atoms with Crippen LogP contribution in [0.1, 0.15) is 76.5 Å². The molecule has 0 aromatic heterocycles. The van der Waals surface area contributed by atoms with Crippen LogP contribution in [0.4, 0.5) is 0 Å². The number of aromatic hydroxyl groups is 12. The van der Waals surface area contributed by atoms with Crippen LogP contribution >= 0.6 is 0 Å². The standard InChI is InChI=1S/C29H30O8.3C6H6O2/c30-13-8-19(32)28-24(9-13)37-12-23(36)29(28)27-17-7-3-6-16(26(17)21(34)11-22(27)35)25-15-5-2-1-4-14(15)18(31)10-20(25)33;3*7-5-3-1-2-4-6(5)8/h8-11,16,23,29-36H,1-7,12H2;3*1-4,7-8H/t16?,23?,29-;;;/m1.../s1. The molecule has 0 saturated heterocycles. The van der Waals surface area contributed by atoms with Gasteiger partial charge in [-0.1, -0.05) is 36.4 Å². The van der Waals surface area contributed by atoms with Crippen molar-refractivity contribution in [2.75, 3.05) is 6.61 Å². The summed E-state index contributed by atoms with van der Waals surface area (Å²) in [6.07, 6.45) is 4.10. The predicted molar refractivity (Wildman–Crippen MR) is 223 cm³/mol. The minimum atomic E-state index is -1.10. The van der Waals surface area contributed by atoms with Crippen LogP contribution in [0.3, 0.4) is 0 Å². The molecular formula is C47H48O14. The Morgan fingerprint density at radius 1 is 0.393 bits per heavy atom. The Kier molecular flexibility index (Phi) is 13.3. The van der Waals surface area contributed by atoms with E-state index in [0.29, 0.717) is 47.9 Å². The number of aliphatic hydroxyl groups excluding tert-OH is 1. The van der Waals surface area contributed by atoms with E-state index in [9.17, 15) is 35.7 Å². The lowest BCUT2D eigenvalue weighted by atomic mass is 9.70. The van der Waals surface area contributed by atoms with E-state index in [-0.39, 0.29) is 92.8 Å². The third-order valence-corrected chi connectivity index (χ3v) is 10.9. The van der Waals surface area contributed by atoms with Crippen molar-refractivity contribution in [1.82, 2.24) is 0 Å². The molecule has 0 fully saturated rings. The number of rotatable bonds is 2. The Bertz CT molecular complexity index is 2330. The molecule has 0 radical (unpaired) electrons. The van der Waals surface area contributed by atoms with Crippen molar-refractivity contribution in [2.24, 2.45) is 0 Å². The van der Waals surface area contributed by atoms with Crippen LogP contribution in [0.5, 0.6) is 74.7 Å². The summed E-state index contributed by atoms with van der Waals surface area (Å²) < 4.78 is 5.58. The monoisotopic (exact) mass is 836 g/mol. The predicted octanol–water partition coefficient (Wildman–Crippen LogP) is 7.45. The van der Waals surface area contributed by atoms with Crippen LogP contribution in [-0.2, 0) is 19.3 Å². The van der Waals surface area contributed by atoms with Crippen molar-refractivity contribution in [3.63, 3.8) is 0 Å². The second kappa shape index (κ2) is 18.7. The molecule has 6 aromatic carbocycles. The lowest BCUT2D eigenvalue weighted by Crippen LogP contribution is -2.32. The first-order chi connectivity index (χ1) is 29.2. The largest absolute Gasteiger partial charge is 0.508 e. The molecular weight excluding hydrogens is 789 g/mol. The molecule has 13 N–H and O–H groups in total. The van der Waals surface area contributed by atoms with E-state index in [2.05, 4.69) is 0 Å². The van der Waals surface area contributed by atoms with E-state index in [1.54, 1.807) is 36.4 Å². The van der Waals surface area contributed by atoms with Gasteiger partial charge < -0.3 is 71.1 Å². The van der Waals surface area contributed by atoms with Crippen LogP contribution < -0.4 is 4.74 Å². The Labute approximate surface area is 350 Å². The minimum absolute atomic E-state index is 0.0189. The van der Waals surface area contributed by atoms with E-state index in [1.165, 1.54) is 60.7 Å². The maximum absolute atomic E-state index is 11.1. The van der Waals surface area contributed by atoms with Gasteiger partial charge in [0.15, 0.2) is 34.5 Å². The Morgan fingerprint density at radius 2 is 0.803 bits per heavy atom. The molecule has 3 atom stereocenters. The van der Waals surface area contributed by atoms with Gasteiger partial charge in [0, 0.05) is 58.4 Å². The lowest BCUT2D eigenvalue weighted by Gasteiger charge is -2.37. The fraction of sp³-hybridized carbons (Fsp3) is 0.234. The van der Waals surface area contributed by atoms with Gasteiger partial charge >= 0.3 is 0 Å². The molecule has 2 unspecified atom stereocenters. The molecule has 0 saturated carbocycles. The highest BCUT2D eigenvalue weighted by Gasteiger charge is 2.41. The molecule has 0 spiro atoms. The van der Waals surface area contributed by atoms with Gasteiger partial charge in [0.05, 0.1) is 6.10 Å². The Hall–Kier alpha value is -7.32. The summed E-state index contributed by atoms with van der Waals surface area (Å²) in [4.78, 5) is 0. The van der Waals surface area contributed by atoms with Crippen molar-refractivity contribution in [3.05, 3.63) is 136 Å². The number of hydrogen-bond donors (Lipinski definition) is 13. The lowest BCUT2D eigenvalue weighted by molar-refractivity contribution is 0.0745. The molecule has 0 bridgehead atoms. The molecule has 14 nitrogen and oxygen atoms in total. The van der Waals surface area contributed by atoms with Crippen molar-refractivity contribution in [1.29, 1.82) is 0 Å². The molecule has 6 aromatic rings. The molecule has 61 heavy (non-hydrogen) atoms. The van der Waals surface area contributed by atoms with Crippen molar-refractivity contribution < 1.29 is 71.1 Å². The molecule has 320 valence electrons.